The van der Waals surface area contributed by atoms with Crippen LogP contribution in [0.15, 0.2) is 30.3 Å². The zero-order chi connectivity index (χ0) is 15.1. The first kappa shape index (κ1) is 15.3. The Labute approximate surface area is 123 Å². The van der Waals surface area contributed by atoms with Crippen molar-refractivity contribution >= 4 is 23.6 Å². The molecule has 0 aliphatic carbocycles. The van der Waals surface area contributed by atoms with Gasteiger partial charge in [-0.05, 0) is 43.0 Å². The Morgan fingerprint density at radius 1 is 1.43 bits per heavy atom. The Kier molecular flexibility index (Phi) is 5.51. The molecule has 1 aliphatic rings. The van der Waals surface area contributed by atoms with Crippen molar-refractivity contribution in [2.45, 2.75) is 31.8 Å². The Morgan fingerprint density at radius 3 is 3.00 bits per heavy atom. The number of hydrogen-bond acceptors (Lipinski definition) is 3. The van der Waals surface area contributed by atoms with Gasteiger partial charge in [0, 0.05) is 24.8 Å². The molecule has 1 amide bonds. The van der Waals surface area contributed by atoms with E-state index in [1.807, 2.05) is 0 Å². The molecule has 0 radical (unpaired) electrons. The van der Waals surface area contributed by atoms with Crippen molar-refractivity contribution in [1.29, 1.82) is 0 Å². The van der Waals surface area contributed by atoms with Crippen LogP contribution in [0.5, 0.6) is 0 Å². The van der Waals surface area contributed by atoms with Crippen LogP contribution in [0.2, 0.25) is 0 Å². The summed E-state index contributed by atoms with van der Waals surface area (Å²) in [6.45, 7) is 0.796. The molecule has 1 unspecified atom stereocenters. The molecule has 5 heteroatoms. The molecule has 1 aromatic rings. The summed E-state index contributed by atoms with van der Waals surface area (Å²) in [6.07, 6.45) is 6.04. The van der Waals surface area contributed by atoms with Crippen LogP contribution in [0.3, 0.4) is 0 Å². The van der Waals surface area contributed by atoms with Crippen LogP contribution in [0.1, 0.15) is 31.2 Å². The zero-order valence-corrected chi connectivity index (χ0v) is 11.7. The van der Waals surface area contributed by atoms with Crippen LogP contribution in [0.25, 0.3) is 6.08 Å². The monoisotopic (exact) mass is 289 g/mol. The minimum absolute atomic E-state index is 0.0511. The quantitative estimate of drug-likeness (QED) is 0.789. The molecule has 0 saturated carbocycles. The third-order valence-electron chi connectivity index (χ3n) is 3.31. The molecular formula is C16H19NO4. The number of amides is 1. The minimum atomic E-state index is -0.999. The van der Waals surface area contributed by atoms with Gasteiger partial charge in [-0.1, -0.05) is 12.1 Å². The number of aliphatic carboxylic acids is 1. The summed E-state index contributed by atoms with van der Waals surface area (Å²) in [7, 11) is 0. The molecule has 0 spiro atoms. The zero-order valence-electron chi connectivity index (χ0n) is 11.7. The van der Waals surface area contributed by atoms with Gasteiger partial charge < -0.3 is 15.2 Å². The first-order chi connectivity index (χ1) is 10.1. The van der Waals surface area contributed by atoms with E-state index in [-0.39, 0.29) is 12.0 Å². The summed E-state index contributed by atoms with van der Waals surface area (Å²) in [6, 6.07) is 7.07. The summed E-state index contributed by atoms with van der Waals surface area (Å²) in [5.74, 6) is -1.05. The van der Waals surface area contributed by atoms with E-state index in [1.54, 1.807) is 24.3 Å². The molecule has 2 rings (SSSR count). The minimum Gasteiger partial charge on any atom is -0.478 e. The van der Waals surface area contributed by atoms with Crippen molar-refractivity contribution in [3.05, 3.63) is 35.9 Å². The second-order valence-electron chi connectivity index (χ2n) is 5.02. The number of carboxylic acid groups (broad SMARTS) is 1. The lowest BCUT2D eigenvalue weighted by Gasteiger charge is -2.09. The maximum atomic E-state index is 11.9. The number of benzene rings is 1. The number of anilines is 1. The predicted octanol–water partition coefficient (Wildman–Crippen LogP) is 2.68. The number of hydrogen-bond donors (Lipinski definition) is 2. The third kappa shape index (κ3) is 5.39. The van der Waals surface area contributed by atoms with Gasteiger partial charge in [-0.2, -0.15) is 0 Å². The molecule has 0 aromatic heterocycles. The number of carbonyl (C=O) groups is 2. The first-order valence-corrected chi connectivity index (χ1v) is 7.06. The molecule has 1 aliphatic heterocycles. The summed E-state index contributed by atoms with van der Waals surface area (Å²) in [5, 5.41) is 11.4. The van der Waals surface area contributed by atoms with Crippen LogP contribution in [-0.2, 0) is 14.3 Å². The standard InChI is InChI=1S/C16H19NO4/c18-15(8-7-14-5-2-10-21-14)17-13-4-1-3-12(11-13)6-9-16(19)20/h1,3-4,6,9,11,14H,2,5,7-8,10H2,(H,17,18)(H,19,20). The number of nitrogens with one attached hydrogen (secondary N) is 1. The van der Waals surface area contributed by atoms with E-state index in [2.05, 4.69) is 5.32 Å². The van der Waals surface area contributed by atoms with E-state index in [0.717, 1.165) is 37.5 Å². The molecular weight excluding hydrogens is 270 g/mol. The molecule has 1 aromatic carbocycles. The molecule has 1 heterocycles. The lowest BCUT2D eigenvalue weighted by atomic mass is 10.1. The maximum absolute atomic E-state index is 11.9. The Morgan fingerprint density at radius 2 is 2.29 bits per heavy atom. The van der Waals surface area contributed by atoms with E-state index >= 15 is 0 Å². The third-order valence-corrected chi connectivity index (χ3v) is 3.31. The lowest BCUT2D eigenvalue weighted by Crippen LogP contribution is -2.15. The molecule has 0 bridgehead atoms. The SMILES string of the molecule is O=C(O)C=Cc1cccc(NC(=O)CCC2CCCO2)c1. The van der Waals surface area contributed by atoms with E-state index in [0.29, 0.717) is 12.1 Å². The van der Waals surface area contributed by atoms with Crippen LogP contribution >= 0.6 is 0 Å². The predicted molar refractivity (Wildman–Crippen MR) is 79.9 cm³/mol. The molecule has 5 nitrogen and oxygen atoms in total. The molecule has 21 heavy (non-hydrogen) atoms. The summed E-state index contributed by atoms with van der Waals surface area (Å²) in [5.41, 5.74) is 1.40. The van der Waals surface area contributed by atoms with Gasteiger partial charge >= 0.3 is 5.97 Å². The summed E-state index contributed by atoms with van der Waals surface area (Å²) >= 11 is 0. The van der Waals surface area contributed by atoms with E-state index in [4.69, 9.17) is 9.84 Å². The highest BCUT2D eigenvalue weighted by Gasteiger charge is 2.16. The van der Waals surface area contributed by atoms with Crippen molar-refractivity contribution in [3.8, 4) is 0 Å². The van der Waals surface area contributed by atoms with Gasteiger partial charge in [-0.15, -0.1) is 0 Å². The summed E-state index contributed by atoms with van der Waals surface area (Å²) in [4.78, 5) is 22.3. The fourth-order valence-corrected chi connectivity index (χ4v) is 2.28. The molecule has 2 N–H and O–H groups in total. The van der Waals surface area contributed by atoms with E-state index in [1.165, 1.54) is 6.08 Å². The smallest absolute Gasteiger partial charge is 0.328 e. The van der Waals surface area contributed by atoms with Crippen molar-refractivity contribution in [2.75, 3.05) is 11.9 Å². The van der Waals surface area contributed by atoms with Crippen LogP contribution in [0.4, 0.5) is 5.69 Å². The van der Waals surface area contributed by atoms with E-state index < -0.39 is 5.97 Å². The molecule has 112 valence electrons. The maximum Gasteiger partial charge on any atom is 0.328 e. The van der Waals surface area contributed by atoms with Crippen molar-refractivity contribution in [2.24, 2.45) is 0 Å². The number of carbonyl (C=O) groups excluding carboxylic acids is 1. The van der Waals surface area contributed by atoms with E-state index in [9.17, 15) is 9.59 Å². The largest absolute Gasteiger partial charge is 0.478 e. The number of rotatable bonds is 6. The second-order valence-corrected chi connectivity index (χ2v) is 5.02. The second kappa shape index (κ2) is 7.59. The number of carboxylic acids is 1. The van der Waals surface area contributed by atoms with Gasteiger partial charge in [0.05, 0.1) is 6.10 Å². The highest BCUT2D eigenvalue weighted by Crippen LogP contribution is 2.18. The highest BCUT2D eigenvalue weighted by atomic mass is 16.5. The normalized spacial score (nSPS) is 18.0. The fourth-order valence-electron chi connectivity index (χ4n) is 2.28. The Balaban J connectivity index is 1.85. The highest BCUT2D eigenvalue weighted by molar-refractivity contribution is 5.91. The van der Waals surface area contributed by atoms with Gasteiger partial charge in [0.2, 0.25) is 5.91 Å². The van der Waals surface area contributed by atoms with Crippen LogP contribution < -0.4 is 5.32 Å². The molecule has 1 atom stereocenters. The van der Waals surface area contributed by atoms with Gasteiger partial charge in [0.1, 0.15) is 0 Å². The Bertz CT molecular complexity index is 533. The summed E-state index contributed by atoms with van der Waals surface area (Å²) < 4.78 is 5.48. The molecule has 1 saturated heterocycles. The topological polar surface area (TPSA) is 75.6 Å². The first-order valence-electron chi connectivity index (χ1n) is 7.06. The number of ether oxygens (including phenoxy) is 1. The lowest BCUT2D eigenvalue weighted by molar-refractivity contribution is -0.131. The van der Waals surface area contributed by atoms with Gasteiger partial charge in [-0.25, -0.2) is 4.79 Å². The average Bonchev–Trinajstić information content (AvgIpc) is 2.97. The van der Waals surface area contributed by atoms with Gasteiger partial charge in [0.15, 0.2) is 0 Å². The molecule has 1 fully saturated rings. The van der Waals surface area contributed by atoms with Crippen molar-refractivity contribution < 1.29 is 19.4 Å². The van der Waals surface area contributed by atoms with Crippen LogP contribution in [-0.4, -0.2) is 29.7 Å². The van der Waals surface area contributed by atoms with Crippen molar-refractivity contribution in [3.63, 3.8) is 0 Å². The van der Waals surface area contributed by atoms with Gasteiger partial charge in [0.25, 0.3) is 0 Å². The van der Waals surface area contributed by atoms with Gasteiger partial charge in [-0.3, -0.25) is 4.79 Å². The average molecular weight is 289 g/mol. The fraction of sp³-hybridized carbons (Fsp3) is 0.375. The van der Waals surface area contributed by atoms with Crippen LogP contribution in [0, 0.1) is 0 Å². The van der Waals surface area contributed by atoms with Crippen molar-refractivity contribution in [1.82, 2.24) is 0 Å². The Hall–Kier alpha value is -2.14.